The lowest BCUT2D eigenvalue weighted by Crippen LogP contribution is -2.44. The van der Waals surface area contributed by atoms with Crippen molar-refractivity contribution in [1.29, 1.82) is 0 Å². The number of nitrogens with one attached hydrogen (secondary N) is 2. The van der Waals surface area contributed by atoms with Gasteiger partial charge < -0.3 is 20.5 Å². The Labute approximate surface area is 206 Å². The zero-order valence-corrected chi connectivity index (χ0v) is 20.2. The summed E-state index contributed by atoms with van der Waals surface area (Å²) in [7, 11) is 0. The zero-order valence-electron chi connectivity index (χ0n) is 20.2. The van der Waals surface area contributed by atoms with Gasteiger partial charge in [0.15, 0.2) is 0 Å². The van der Waals surface area contributed by atoms with Gasteiger partial charge in [-0.15, -0.1) is 0 Å². The van der Waals surface area contributed by atoms with Crippen molar-refractivity contribution in [3.05, 3.63) is 59.7 Å². The monoisotopic (exact) mass is 478 g/mol. The summed E-state index contributed by atoms with van der Waals surface area (Å²) in [4.78, 5) is 36.4. The van der Waals surface area contributed by atoms with E-state index < -0.39 is 18.0 Å². The van der Waals surface area contributed by atoms with Crippen LogP contribution in [0.25, 0.3) is 11.1 Å². The Kier molecular flexibility index (Phi) is 8.06. The van der Waals surface area contributed by atoms with Crippen molar-refractivity contribution in [1.82, 2.24) is 10.6 Å². The van der Waals surface area contributed by atoms with Crippen molar-refractivity contribution in [2.45, 2.75) is 57.4 Å². The number of alkyl carbamates (subject to hydrolysis) is 1. The maximum Gasteiger partial charge on any atom is 0.407 e. The molecule has 7 nitrogen and oxygen atoms in total. The molecule has 1 saturated carbocycles. The van der Waals surface area contributed by atoms with E-state index in [0.717, 1.165) is 25.7 Å². The second-order valence-corrected chi connectivity index (χ2v) is 9.57. The van der Waals surface area contributed by atoms with Gasteiger partial charge in [-0.25, -0.2) is 4.79 Å². The molecular weight excluding hydrogens is 444 g/mol. The van der Waals surface area contributed by atoms with Gasteiger partial charge in [-0.2, -0.15) is 0 Å². The third-order valence-corrected chi connectivity index (χ3v) is 7.39. The third-order valence-electron chi connectivity index (χ3n) is 7.39. The first-order valence-corrected chi connectivity index (χ1v) is 12.6. The number of carboxylic acid groups (broad SMARTS) is 1. The van der Waals surface area contributed by atoms with Crippen LogP contribution in [0.2, 0.25) is 0 Å². The van der Waals surface area contributed by atoms with E-state index in [1.165, 1.54) is 22.3 Å². The van der Waals surface area contributed by atoms with Crippen LogP contribution in [0.4, 0.5) is 4.79 Å². The largest absolute Gasteiger partial charge is 0.481 e. The van der Waals surface area contributed by atoms with Gasteiger partial charge in [-0.05, 0) is 47.4 Å². The molecule has 1 fully saturated rings. The van der Waals surface area contributed by atoms with E-state index in [0.29, 0.717) is 6.42 Å². The minimum atomic E-state index is -0.903. The summed E-state index contributed by atoms with van der Waals surface area (Å²) in [6, 6.07) is 16.3. The fourth-order valence-corrected chi connectivity index (χ4v) is 5.39. The summed E-state index contributed by atoms with van der Waals surface area (Å²) >= 11 is 0. The van der Waals surface area contributed by atoms with E-state index in [1.54, 1.807) is 6.92 Å². The second-order valence-electron chi connectivity index (χ2n) is 9.57. The van der Waals surface area contributed by atoms with E-state index in [4.69, 9.17) is 4.74 Å². The molecule has 0 aliphatic heterocycles. The number of carbonyl (C=O) groups excluding carboxylic acids is 2. The Morgan fingerprint density at radius 2 is 1.63 bits per heavy atom. The molecule has 186 valence electrons. The first kappa shape index (κ1) is 24.8. The number of ether oxygens (including phenoxy) is 1. The fraction of sp³-hybridized carbons (Fsp3) is 0.464. The van der Waals surface area contributed by atoms with Gasteiger partial charge in [0.25, 0.3) is 0 Å². The predicted molar refractivity (Wildman–Crippen MR) is 133 cm³/mol. The van der Waals surface area contributed by atoms with Crippen LogP contribution in [0, 0.1) is 11.8 Å². The van der Waals surface area contributed by atoms with Gasteiger partial charge >= 0.3 is 12.1 Å². The van der Waals surface area contributed by atoms with Crippen molar-refractivity contribution in [3.63, 3.8) is 0 Å². The maximum absolute atomic E-state index is 12.8. The van der Waals surface area contributed by atoms with E-state index >= 15 is 0 Å². The number of rotatable bonds is 9. The zero-order chi connectivity index (χ0) is 24.8. The molecule has 35 heavy (non-hydrogen) atoms. The third kappa shape index (κ3) is 5.84. The van der Waals surface area contributed by atoms with Gasteiger partial charge in [0.1, 0.15) is 6.61 Å². The smallest absolute Gasteiger partial charge is 0.407 e. The van der Waals surface area contributed by atoms with Crippen molar-refractivity contribution in [2.24, 2.45) is 11.8 Å². The molecular formula is C28H34N2O5. The van der Waals surface area contributed by atoms with Gasteiger partial charge in [0, 0.05) is 24.9 Å². The SMILES string of the molecule is CCC(CNC(=O)C[C@@H]1CCCC[C@@H]1NC(=O)OCC1c2ccccc2-c2ccccc21)C(=O)O. The Morgan fingerprint density at radius 1 is 1.00 bits per heavy atom. The van der Waals surface area contributed by atoms with Crippen molar-refractivity contribution in [3.8, 4) is 11.1 Å². The van der Waals surface area contributed by atoms with E-state index in [1.807, 2.05) is 24.3 Å². The average molecular weight is 479 g/mol. The molecule has 0 heterocycles. The summed E-state index contributed by atoms with van der Waals surface area (Å²) in [5, 5.41) is 14.9. The molecule has 3 atom stereocenters. The molecule has 0 aromatic heterocycles. The summed E-state index contributed by atoms with van der Waals surface area (Å²) in [5.41, 5.74) is 4.70. The maximum atomic E-state index is 12.8. The number of aliphatic carboxylic acids is 1. The highest BCUT2D eigenvalue weighted by Gasteiger charge is 2.31. The first-order valence-electron chi connectivity index (χ1n) is 12.6. The molecule has 2 aromatic carbocycles. The number of carbonyl (C=O) groups is 3. The molecule has 0 spiro atoms. The highest BCUT2D eigenvalue weighted by molar-refractivity contribution is 5.79. The standard InChI is InChI=1S/C28H34N2O5/c1-2-18(27(32)33)16-29-26(31)15-19-9-3-8-14-25(19)30-28(34)35-17-24-22-12-6-4-10-20(22)21-11-5-7-13-23(21)24/h4-7,10-13,18-19,24-25H,2-3,8-9,14-17H2,1H3,(H,29,31)(H,30,34)(H,32,33)/t18?,19-,25-/m0/s1. The molecule has 2 aliphatic rings. The Hall–Kier alpha value is -3.35. The number of fused-ring (bicyclic) bond motifs is 3. The van der Waals surface area contributed by atoms with Gasteiger partial charge in [-0.1, -0.05) is 68.3 Å². The highest BCUT2D eigenvalue weighted by atomic mass is 16.5. The molecule has 3 N–H and O–H groups in total. The van der Waals surface area contributed by atoms with Crippen LogP contribution in [0.5, 0.6) is 0 Å². The first-order chi connectivity index (χ1) is 17.0. The fourth-order valence-electron chi connectivity index (χ4n) is 5.39. The lowest BCUT2D eigenvalue weighted by atomic mass is 9.82. The molecule has 7 heteroatoms. The molecule has 2 aromatic rings. The van der Waals surface area contributed by atoms with Crippen molar-refractivity contribution < 1.29 is 24.2 Å². The number of amides is 2. The molecule has 0 bridgehead atoms. The summed E-state index contributed by atoms with van der Waals surface area (Å²) in [5.74, 6) is -1.65. The van der Waals surface area contributed by atoms with Crippen LogP contribution < -0.4 is 10.6 Å². The second kappa shape index (κ2) is 11.4. The Morgan fingerprint density at radius 3 is 2.26 bits per heavy atom. The minimum Gasteiger partial charge on any atom is -0.481 e. The summed E-state index contributed by atoms with van der Waals surface area (Å²) < 4.78 is 5.70. The van der Waals surface area contributed by atoms with Crippen LogP contribution in [0.15, 0.2) is 48.5 Å². The van der Waals surface area contributed by atoms with Gasteiger partial charge in [-0.3, -0.25) is 9.59 Å². The van der Waals surface area contributed by atoms with Crippen LogP contribution in [-0.4, -0.2) is 42.3 Å². The van der Waals surface area contributed by atoms with Crippen molar-refractivity contribution >= 4 is 18.0 Å². The van der Waals surface area contributed by atoms with E-state index in [2.05, 4.69) is 34.9 Å². The number of benzene rings is 2. The Balaban J connectivity index is 1.32. The average Bonchev–Trinajstić information content (AvgIpc) is 3.18. The number of hydrogen-bond acceptors (Lipinski definition) is 4. The lowest BCUT2D eigenvalue weighted by Gasteiger charge is -2.31. The summed E-state index contributed by atoms with van der Waals surface area (Å²) in [6.45, 7) is 2.17. The quantitative estimate of drug-likeness (QED) is 0.485. The van der Waals surface area contributed by atoms with Crippen LogP contribution in [0.3, 0.4) is 0 Å². The number of hydrogen-bond donors (Lipinski definition) is 3. The molecule has 0 radical (unpaired) electrons. The van der Waals surface area contributed by atoms with Gasteiger partial charge in [0.2, 0.25) is 5.91 Å². The predicted octanol–water partition coefficient (Wildman–Crippen LogP) is 4.70. The molecule has 1 unspecified atom stereocenters. The van der Waals surface area contributed by atoms with Gasteiger partial charge in [0.05, 0.1) is 5.92 Å². The Bertz CT molecular complexity index is 1020. The van der Waals surface area contributed by atoms with E-state index in [-0.39, 0.29) is 43.4 Å². The number of carboxylic acids is 1. The summed E-state index contributed by atoms with van der Waals surface area (Å²) in [6.07, 6.45) is 3.92. The lowest BCUT2D eigenvalue weighted by molar-refractivity contribution is -0.141. The van der Waals surface area contributed by atoms with Crippen LogP contribution >= 0.6 is 0 Å². The molecule has 4 rings (SSSR count). The topological polar surface area (TPSA) is 105 Å². The molecule has 2 amide bonds. The minimum absolute atomic E-state index is 0.00169. The highest BCUT2D eigenvalue weighted by Crippen LogP contribution is 2.44. The molecule has 0 saturated heterocycles. The normalized spacial score (nSPS) is 19.8. The van der Waals surface area contributed by atoms with E-state index in [9.17, 15) is 19.5 Å². The van der Waals surface area contributed by atoms with Crippen molar-refractivity contribution in [2.75, 3.05) is 13.2 Å². The van der Waals surface area contributed by atoms with Crippen LogP contribution in [0.1, 0.15) is 62.5 Å². The van der Waals surface area contributed by atoms with Crippen LogP contribution in [-0.2, 0) is 14.3 Å². The molecule has 2 aliphatic carbocycles.